The quantitative estimate of drug-likeness (QED) is 0.489. The third-order valence-electron chi connectivity index (χ3n) is 3.62. The molecule has 0 spiro atoms. The van der Waals surface area contributed by atoms with Gasteiger partial charge in [0.05, 0.1) is 11.6 Å². The maximum atomic E-state index is 13.9. The van der Waals surface area contributed by atoms with Crippen molar-refractivity contribution in [3.63, 3.8) is 0 Å². The molecule has 0 saturated heterocycles. The molecule has 1 N–H and O–H groups in total. The fourth-order valence-electron chi connectivity index (χ4n) is 2.08. The van der Waals surface area contributed by atoms with E-state index in [0.717, 1.165) is 32.5 Å². The number of aryl methyl sites for hydroxylation is 1. The average molecular weight is 381 g/mol. The molecule has 0 aliphatic heterocycles. The summed E-state index contributed by atoms with van der Waals surface area (Å²) in [6.45, 7) is 6.96. The molecule has 0 saturated carbocycles. The van der Waals surface area contributed by atoms with Crippen molar-refractivity contribution in [1.82, 2.24) is 5.32 Å². The number of rotatable bonds is 9. The number of methoxy groups -OCH3 is 1. The minimum Gasteiger partial charge on any atom is -0.383 e. The first-order valence-electron chi connectivity index (χ1n) is 7.19. The highest BCUT2D eigenvalue weighted by atomic mass is 79.9. The lowest BCUT2D eigenvalue weighted by atomic mass is 9.83. The zero-order chi connectivity index (χ0) is 15.9. The molecular formula is C16H24BrClFNO. The molecule has 2 nitrogen and oxygen atoms in total. The van der Waals surface area contributed by atoms with E-state index < -0.39 is 0 Å². The SMILES string of the molecule is COCCNCCC(C)(C)CCc1cc(Cl)c(Br)cc1F. The van der Waals surface area contributed by atoms with Crippen molar-refractivity contribution in [2.75, 3.05) is 26.8 Å². The van der Waals surface area contributed by atoms with Gasteiger partial charge in [-0.1, -0.05) is 25.4 Å². The number of hydrogen-bond donors (Lipinski definition) is 1. The minimum atomic E-state index is -0.194. The van der Waals surface area contributed by atoms with Crippen LogP contribution in [-0.4, -0.2) is 26.8 Å². The summed E-state index contributed by atoms with van der Waals surface area (Å²) >= 11 is 9.27. The Kier molecular flexibility index (Phi) is 8.17. The Morgan fingerprint density at radius 1 is 1.29 bits per heavy atom. The molecule has 1 aromatic carbocycles. The Hall–Kier alpha value is -0.160. The number of hydrogen-bond acceptors (Lipinski definition) is 2. The normalized spacial score (nSPS) is 11.9. The molecule has 1 aromatic rings. The Morgan fingerprint density at radius 2 is 2.00 bits per heavy atom. The summed E-state index contributed by atoms with van der Waals surface area (Å²) in [5.74, 6) is -0.194. The van der Waals surface area contributed by atoms with Gasteiger partial charge in [0.2, 0.25) is 0 Å². The molecule has 0 radical (unpaired) electrons. The first-order chi connectivity index (χ1) is 9.85. The van der Waals surface area contributed by atoms with Gasteiger partial charge in [0, 0.05) is 18.1 Å². The zero-order valence-corrected chi connectivity index (χ0v) is 15.3. The standard InChI is InChI=1S/C16H24BrClFNO/c1-16(2,6-7-20-8-9-21-3)5-4-12-10-14(18)13(17)11-15(12)19/h10-11,20H,4-9H2,1-3H3. The molecule has 5 heteroatoms. The summed E-state index contributed by atoms with van der Waals surface area (Å²) in [5.41, 5.74) is 0.843. The largest absolute Gasteiger partial charge is 0.383 e. The molecule has 0 amide bonds. The van der Waals surface area contributed by atoms with Crippen LogP contribution in [0.2, 0.25) is 5.02 Å². The van der Waals surface area contributed by atoms with Gasteiger partial charge in [0.25, 0.3) is 0 Å². The van der Waals surface area contributed by atoms with Gasteiger partial charge in [0.15, 0.2) is 0 Å². The second-order valence-corrected chi connectivity index (χ2v) is 7.28. The van der Waals surface area contributed by atoms with Crippen LogP contribution in [0, 0.1) is 11.2 Å². The van der Waals surface area contributed by atoms with Crippen LogP contribution in [0.3, 0.4) is 0 Å². The predicted molar refractivity (Wildman–Crippen MR) is 90.6 cm³/mol. The first-order valence-corrected chi connectivity index (χ1v) is 8.36. The molecule has 0 unspecified atom stereocenters. The van der Waals surface area contributed by atoms with Gasteiger partial charge in [-0.2, -0.15) is 0 Å². The smallest absolute Gasteiger partial charge is 0.127 e. The Morgan fingerprint density at radius 3 is 2.67 bits per heavy atom. The van der Waals surface area contributed by atoms with E-state index in [1.54, 1.807) is 13.2 Å². The summed E-state index contributed by atoms with van der Waals surface area (Å²) < 4.78 is 19.5. The molecule has 0 atom stereocenters. The van der Waals surface area contributed by atoms with Gasteiger partial charge >= 0.3 is 0 Å². The highest BCUT2D eigenvalue weighted by Gasteiger charge is 2.18. The third kappa shape index (κ3) is 7.09. The van der Waals surface area contributed by atoms with Crippen molar-refractivity contribution in [2.24, 2.45) is 5.41 Å². The summed E-state index contributed by atoms with van der Waals surface area (Å²) in [6.07, 6.45) is 2.67. The van der Waals surface area contributed by atoms with Gasteiger partial charge in [-0.05, 0) is 64.8 Å². The van der Waals surface area contributed by atoms with E-state index >= 15 is 0 Å². The third-order valence-corrected chi connectivity index (χ3v) is 4.82. The average Bonchev–Trinajstić information content (AvgIpc) is 2.41. The number of nitrogens with one attached hydrogen (secondary N) is 1. The van der Waals surface area contributed by atoms with Gasteiger partial charge < -0.3 is 10.1 Å². The van der Waals surface area contributed by atoms with Crippen molar-refractivity contribution in [2.45, 2.75) is 33.1 Å². The molecule has 0 bridgehead atoms. The first kappa shape index (κ1) is 18.9. The number of ether oxygens (including phenoxy) is 1. The monoisotopic (exact) mass is 379 g/mol. The second-order valence-electron chi connectivity index (χ2n) is 6.01. The maximum Gasteiger partial charge on any atom is 0.127 e. The lowest BCUT2D eigenvalue weighted by molar-refractivity contribution is 0.196. The molecule has 0 aliphatic carbocycles. The Balaban J connectivity index is 2.44. The Labute approximate surface area is 140 Å². The van der Waals surface area contributed by atoms with Crippen molar-refractivity contribution >= 4 is 27.5 Å². The summed E-state index contributed by atoms with van der Waals surface area (Å²) in [4.78, 5) is 0. The fraction of sp³-hybridized carbons (Fsp3) is 0.625. The highest BCUT2D eigenvalue weighted by molar-refractivity contribution is 9.10. The molecule has 0 aliphatic rings. The van der Waals surface area contributed by atoms with Crippen molar-refractivity contribution in [3.05, 3.63) is 33.0 Å². The van der Waals surface area contributed by atoms with Gasteiger partial charge in [0.1, 0.15) is 5.82 Å². The van der Waals surface area contributed by atoms with E-state index in [1.165, 1.54) is 6.07 Å². The van der Waals surface area contributed by atoms with Crippen LogP contribution in [0.25, 0.3) is 0 Å². The van der Waals surface area contributed by atoms with Gasteiger partial charge in [-0.15, -0.1) is 0 Å². The predicted octanol–water partition coefficient (Wildman–Crippen LogP) is 4.83. The molecule has 0 heterocycles. The highest BCUT2D eigenvalue weighted by Crippen LogP contribution is 2.30. The van der Waals surface area contributed by atoms with E-state index in [9.17, 15) is 4.39 Å². The lowest BCUT2D eigenvalue weighted by Crippen LogP contribution is -2.25. The van der Waals surface area contributed by atoms with Crippen LogP contribution >= 0.6 is 27.5 Å². The van der Waals surface area contributed by atoms with Gasteiger partial charge in [-0.25, -0.2) is 4.39 Å². The minimum absolute atomic E-state index is 0.159. The van der Waals surface area contributed by atoms with Crippen molar-refractivity contribution in [3.8, 4) is 0 Å². The summed E-state index contributed by atoms with van der Waals surface area (Å²) in [6, 6.07) is 3.16. The van der Waals surface area contributed by atoms with Crippen LogP contribution in [0.15, 0.2) is 16.6 Å². The molecular weight excluding hydrogens is 357 g/mol. The van der Waals surface area contributed by atoms with E-state index in [1.807, 2.05) is 0 Å². The lowest BCUT2D eigenvalue weighted by Gasteiger charge is -2.25. The topological polar surface area (TPSA) is 21.3 Å². The number of halogens is 3. The van der Waals surface area contributed by atoms with E-state index in [2.05, 4.69) is 35.1 Å². The fourth-order valence-corrected chi connectivity index (χ4v) is 2.58. The second kappa shape index (κ2) is 9.09. The summed E-state index contributed by atoms with van der Waals surface area (Å²) in [7, 11) is 1.70. The molecule has 0 fully saturated rings. The van der Waals surface area contributed by atoms with Crippen molar-refractivity contribution in [1.29, 1.82) is 0 Å². The molecule has 0 aromatic heterocycles. The zero-order valence-electron chi connectivity index (χ0n) is 12.9. The van der Waals surface area contributed by atoms with Crippen LogP contribution in [0.1, 0.15) is 32.3 Å². The Bertz CT molecular complexity index is 454. The van der Waals surface area contributed by atoms with E-state index in [-0.39, 0.29) is 11.2 Å². The van der Waals surface area contributed by atoms with Crippen molar-refractivity contribution < 1.29 is 9.13 Å². The van der Waals surface area contributed by atoms with E-state index in [0.29, 0.717) is 21.5 Å². The van der Waals surface area contributed by atoms with Crippen LogP contribution in [0.4, 0.5) is 4.39 Å². The number of benzene rings is 1. The maximum absolute atomic E-state index is 13.9. The van der Waals surface area contributed by atoms with Crippen LogP contribution in [0.5, 0.6) is 0 Å². The van der Waals surface area contributed by atoms with Crippen LogP contribution in [-0.2, 0) is 11.2 Å². The molecule has 1 rings (SSSR count). The van der Waals surface area contributed by atoms with E-state index in [4.69, 9.17) is 16.3 Å². The van der Waals surface area contributed by atoms with Crippen LogP contribution < -0.4 is 5.32 Å². The molecule has 21 heavy (non-hydrogen) atoms. The molecule has 120 valence electrons. The summed E-state index contributed by atoms with van der Waals surface area (Å²) in [5, 5.41) is 3.90. The van der Waals surface area contributed by atoms with Gasteiger partial charge in [-0.3, -0.25) is 0 Å².